The molecule has 0 saturated carbocycles. The highest BCUT2D eigenvalue weighted by Gasteiger charge is 2.21. The maximum atomic E-state index is 3.63. The van der Waals surface area contributed by atoms with E-state index >= 15 is 0 Å². The molecule has 1 unspecified atom stereocenters. The second-order valence-electron chi connectivity index (χ2n) is 5.60. The molecular weight excluding hydrogens is 234 g/mol. The first-order chi connectivity index (χ1) is 9.22. The summed E-state index contributed by atoms with van der Waals surface area (Å²) in [6.07, 6.45) is 2.50. The minimum absolute atomic E-state index is 0.519. The lowest BCUT2D eigenvalue weighted by Gasteiger charge is -2.27. The molecule has 1 aliphatic heterocycles. The van der Waals surface area contributed by atoms with Crippen molar-refractivity contribution in [3.63, 3.8) is 0 Å². The molecule has 1 aliphatic rings. The van der Waals surface area contributed by atoms with Crippen LogP contribution < -0.4 is 10.2 Å². The number of likely N-dealkylation sites (N-methyl/N-ethyl adjacent to an activating group) is 1. The maximum Gasteiger partial charge on any atom is 0.0415 e. The van der Waals surface area contributed by atoms with Gasteiger partial charge < -0.3 is 15.1 Å². The Morgan fingerprint density at radius 2 is 2.11 bits per heavy atom. The molecule has 1 aromatic rings. The number of rotatable bonds is 5. The van der Waals surface area contributed by atoms with Gasteiger partial charge in [0, 0.05) is 31.4 Å². The van der Waals surface area contributed by atoms with Crippen LogP contribution in [-0.2, 0) is 0 Å². The van der Waals surface area contributed by atoms with Gasteiger partial charge in [0.15, 0.2) is 0 Å². The van der Waals surface area contributed by atoms with Crippen molar-refractivity contribution in [1.29, 1.82) is 0 Å². The first kappa shape index (κ1) is 14.4. The third-order valence-corrected chi connectivity index (χ3v) is 3.84. The predicted octanol–water partition coefficient (Wildman–Crippen LogP) is 2.50. The van der Waals surface area contributed by atoms with Crippen LogP contribution in [0.15, 0.2) is 24.3 Å². The molecular formula is C16H27N3. The first-order valence-corrected chi connectivity index (χ1v) is 7.44. The molecule has 0 aliphatic carbocycles. The van der Waals surface area contributed by atoms with E-state index in [1.54, 1.807) is 0 Å². The molecule has 0 radical (unpaired) electrons. The van der Waals surface area contributed by atoms with Gasteiger partial charge in [-0.2, -0.15) is 0 Å². The smallest absolute Gasteiger partial charge is 0.0415 e. The van der Waals surface area contributed by atoms with Crippen LogP contribution in [0, 0.1) is 0 Å². The summed E-state index contributed by atoms with van der Waals surface area (Å²) in [5.74, 6) is 0. The second kappa shape index (κ2) is 6.92. The Kier molecular flexibility index (Phi) is 5.23. The lowest BCUT2D eigenvalue weighted by Crippen LogP contribution is -2.32. The van der Waals surface area contributed by atoms with Crippen molar-refractivity contribution < 1.29 is 0 Å². The molecule has 0 amide bonds. The largest absolute Gasteiger partial charge is 0.370 e. The summed E-state index contributed by atoms with van der Waals surface area (Å²) in [4.78, 5) is 4.81. The van der Waals surface area contributed by atoms with Gasteiger partial charge in [0.2, 0.25) is 0 Å². The molecule has 0 bridgehead atoms. The topological polar surface area (TPSA) is 18.5 Å². The molecule has 106 valence electrons. The van der Waals surface area contributed by atoms with Crippen molar-refractivity contribution >= 4 is 5.69 Å². The van der Waals surface area contributed by atoms with Crippen LogP contribution in [-0.4, -0.2) is 45.2 Å². The maximum absolute atomic E-state index is 3.63. The summed E-state index contributed by atoms with van der Waals surface area (Å²) in [6, 6.07) is 9.41. The first-order valence-electron chi connectivity index (χ1n) is 7.44. The summed E-state index contributed by atoms with van der Waals surface area (Å²) in [5, 5.41) is 3.63. The van der Waals surface area contributed by atoms with Gasteiger partial charge in [-0.25, -0.2) is 0 Å². The number of hydrogen-bond donors (Lipinski definition) is 1. The lowest BCUT2D eigenvalue weighted by atomic mass is 10.0. The number of nitrogens with zero attached hydrogens (tertiary/aromatic N) is 2. The number of para-hydroxylation sites is 1. The van der Waals surface area contributed by atoms with E-state index in [1.807, 2.05) is 0 Å². The van der Waals surface area contributed by atoms with Crippen LogP contribution in [0.1, 0.15) is 31.4 Å². The molecule has 1 N–H and O–H groups in total. The van der Waals surface area contributed by atoms with Gasteiger partial charge in [0.25, 0.3) is 0 Å². The predicted molar refractivity (Wildman–Crippen MR) is 82.9 cm³/mol. The average molecular weight is 261 g/mol. The fraction of sp³-hybridized carbons (Fsp3) is 0.625. The van der Waals surface area contributed by atoms with E-state index < -0.39 is 0 Å². The molecule has 3 nitrogen and oxygen atoms in total. The zero-order valence-electron chi connectivity index (χ0n) is 12.5. The molecule has 1 aromatic carbocycles. The van der Waals surface area contributed by atoms with E-state index in [-0.39, 0.29) is 0 Å². The Morgan fingerprint density at radius 3 is 2.84 bits per heavy atom. The molecule has 3 heteroatoms. The van der Waals surface area contributed by atoms with Crippen LogP contribution >= 0.6 is 0 Å². The van der Waals surface area contributed by atoms with Gasteiger partial charge >= 0.3 is 0 Å². The van der Waals surface area contributed by atoms with Crippen molar-refractivity contribution in [2.45, 2.75) is 25.8 Å². The van der Waals surface area contributed by atoms with Crippen LogP contribution in [0.4, 0.5) is 5.69 Å². The number of nitrogens with one attached hydrogen (secondary N) is 1. The lowest BCUT2D eigenvalue weighted by molar-refractivity contribution is 0.412. The zero-order chi connectivity index (χ0) is 13.7. The highest BCUT2D eigenvalue weighted by molar-refractivity contribution is 5.55. The fourth-order valence-corrected chi connectivity index (χ4v) is 2.84. The van der Waals surface area contributed by atoms with Crippen LogP contribution in [0.5, 0.6) is 0 Å². The van der Waals surface area contributed by atoms with Crippen molar-refractivity contribution in [3.05, 3.63) is 29.8 Å². The summed E-state index contributed by atoms with van der Waals surface area (Å²) < 4.78 is 0. The van der Waals surface area contributed by atoms with Crippen LogP contribution in [0.2, 0.25) is 0 Å². The Labute approximate surface area is 117 Å². The van der Waals surface area contributed by atoms with E-state index in [1.165, 1.54) is 30.6 Å². The van der Waals surface area contributed by atoms with E-state index in [4.69, 9.17) is 0 Å². The number of benzene rings is 1. The highest BCUT2D eigenvalue weighted by atomic mass is 15.2. The van der Waals surface area contributed by atoms with Crippen LogP contribution in [0.25, 0.3) is 0 Å². The van der Waals surface area contributed by atoms with E-state index in [0.717, 1.165) is 19.6 Å². The third-order valence-electron chi connectivity index (χ3n) is 3.84. The molecule has 0 saturated heterocycles. The number of fused-ring (bicyclic) bond motifs is 1. The summed E-state index contributed by atoms with van der Waals surface area (Å²) in [6.45, 7) is 6.63. The second-order valence-corrected chi connectivity index (χ2v) is 5.60. The van der Waals surface area contributed by atoms with Crippen molar-refractivity contribution in [2.75, 3.05) is 45.2 Å². The fourth-order valence-electron chi connectivity index (χ4n) is 2.84. The van der Waals surface area contributed by atoms with Gasteiger partial charge in [-0.05, 0) is 45.1 Å². The minimum atomic E-state index is 0.519. The summed E-state index contributed by atoms with van der Waals surface area (Å²) in [7, 11) is 4.29. The summed E-state index contributed by atoms with van der Waals surface area (Å²) >= 11 is 0. The minimum Gasteiger partial charge on any atom is -0.370 e. The zero-order valence-corrected chi connectivity index (χ0v) is 12.5. The Morgan fingerprint density at radius 1 is 1.32 bits per heavy atom. The van der Waals surface area contributed by atoms with Gasteiger partial charge in [0.1, 0.15) is 0 Å². The van der Waals surface area contributed by atoms with Gasteiger partial charge in [-0.1, -0.05) is 25.1 Å². The van der Waals surface area contributed by atoms with Crippen molar-refractivity contribution in [1.82, 2.24) is 10.2 Å². The number of hydrogen-bond acceptors (Lipinski definition) is 3. The van der Waals surface area contributed by atoms with Crippen LogP contribution in [0.3, 0.4) is 0 Å². The highest BCUT2D eigenvalue weighted by Crippen LogP contribution is 2.32. The molecule has 19 heavy (non-hydrogen) atoms. The number of anilines is 1. The SMILES string of the molecule is CCNC1CCCN(CCN(C)C)c2ccccc21. The van der Waals surface area contributed by atoms with E-state index in [0.29, 0.717) is 6.04 Å². The normalized spacial score (nSPS) is 19.4. The molecule has 0 spiro atoms. The van der Waals surface area contributed by atoms with Crippen molar-refractivity contribution in [2.24, 2.45) is 0 Å². The molecule has 2 rings (SSSR count). The Hall–Kier alpha value is -1.06. The van der Waals surface area contributed by atoms with E-state index in [9.17, 15) is 0 Å². The Balaban J connectivity index is 2.20. The van der Waals surface area contributed by atoms with Gasteiger partial charge in [-0.3, -0.25) is 0 Å². The quantitative estimate of drug-likeness (QED) is 0.878. The monoisotopic (exact) mass is 261 g/mol. The molecule has 0 fully saturated rings. The van der Waals surface area contributed by atoms with Gasteiger partial charge in [0.05, 0.1) is 0 Å². The average Bonchev–Trinajstić information content (AvgIpc) is 2.57. The standard InChI is InChI=1S/C16H27N3/c1-4-17-15-9-7-11-19(13-12-18(2)3)16-10-6-5-8-14(15)16/h5-6,8,10,15,17H,4,7,9,11-13H2,1-3H3. The van der Waals surface area contributed by atoms with E-state index in [2.05, 4.69) is 60.4 Å². The summed E-state index contributed by atoms with van der Waals surface area (Å²) in [5.41, 5.74) is 2.90. The molecule has 1 heterocycles. The van der Waals surface area contributed by atoms with Gasteiger partial charge in [-0.15, -0.1) is 0 Å². The van der Waals surface area contributed by atoms with Crippen molar-refractivity contribution in [3.8, 4) is 0 Å². The molecule has 1 atom stereocenters. The Bertz CT molecular complexity index is 389. The third kappa shape index (κ3) is 3.71. The molecule has 0 aromatic heterocycles.